The third kappa shape index (κ3) is 9.01. The molecule has 1 aromatic heterocycles. The molecule has 1 N–H and O–H groups in total. The number of carboxylic acids is 1. The highest BCUT2D eigenvalue weighted by Gasteiger charge is 2.37. The molecule has 0 saturated carbocycles. The van der Waals surface area contributed by atoms with Gasteiger partial charge in [0.25, 0.3) is 0 Å². The van der Waals surface area contributed by atoms with E-state index in [2.05, 4.69) is 37.0 Å². The maximum atomic E-state index is 13.3. The lowest BCUT2D eigenvalue weighted by Gasteiger charge is -2.41. The summed E-state index contributed by atoms with van der Waals surface area (Å²) in [4.78, 5) is 20.6. The zero-order valence-electron chi connectivity index (χ0n) is 29.0. The Kier molecular flexibility index (Phi) is 10.7. The van der Waals surface area contributed by atoms with E-state index in [1.54, 1.807) is 12.1 Å². The average molecular weight is 643 g/mol. The first-order valence-electron chi connectivity index (χ1n) is 17.1. The van der Waals surface area contributed by atoms with E-state index >= 15 is 0 Å². The number of allylic oxidation sites excluding steroid dienone is 2. The van der Waals surface area contributed by atoms with Crippen molar-refractivity contribution in [2.45, 2.75) is 105 Å². The van der Waals surface area contributed by atoms with Gasteiger partial charge in [0.1, 0.15) is 11.6 Å². The second kappa shape index (κ2) is 14.6. The number of carbonyl (C=O) groups is 1. The van der Waals surface area contributed by atoms with E-state index in [-0.39, 0.29) is 11.2 Å². The number of hydrogen-bond donors (Lipinski definition) is 1. The van der Waals surface area contributed by atoms with Gasteiger partial charge in [0.2, 0.25) is 0 Å². The van der Waals surface area contributed by atoms with Crippen LogP contribution in [0.3, 0.4) is 0 Å². The first-order valence-corrected chi connectivity index (χ1v) is 17.1. The predicted octanol–water partition coefficient (Wildman–Crippen LogP) is 9.43. The van der Waals surface area contributed by atoms with Gasteiger partial charge in [0, 0.05) is 42.8 Å². The number of piperidine rings is 1. The van der Waals surface area contributed by atoms with Crippen molar-refractivity contribution >= 4 is 11.7 Å². The summed E-state index contributed by atoms with van der Waals surface area (Å²) in [6.07, 6.45) is 9.15. The van der Waals surface area contributed by atoms with E-state index in [0.29, 0.717) is 24.3 Å². The average Bonchev–Trinajstić information content (AvgIpc) is 3.01. The zero-order valence-corrected chi connectivity index (χ0v) is 29.0. The summed E-state index contributed by atoms with van der Waals surface area (Å²) in [5, 5.41) is 10.6. The van der Waals surface area contributed by atoms with Crippen LogP contribution in [-0.4, -0.2) is 41.4 Å². The summed E-state index contributed by atoms with van der Waals surface area (Å²) < 4.78 is 25.7. The third-order valence-corrected chi connectivity index (χ3v) is 9.36. The van der Waals surface area contributed by atoms with E-state index in [1.807, 2.05) is 39.8 Å². The standard InChI is InChI=1S/C40H51FN2O4/c1-27-34(37(38(44)45)47-39(2,3)4)36(43-23-21-40(5,6)22-24-43)35(33(42-27)26-29-10-8-7-9-11-29)30-14-18-32(19-15-30)46-25-20-28-12-16-31(41)17-13-28/h10,12-19,37H,7-9,11,20-26H2,1-6H3,(H,44,45)/t37-/m0/s1. The van der Waals surface area contributed by atoms with Crippen LogP contribution < -0.4 is 9.64 Å². The highest BCUT2D eigenvalue weighted by Crippen LogP contribution is 2.46. The molecule has 0 spiro atoms. The molecule has 0 radical (unpaired) electrons. The molecule has 0 amide bonds. The maximum absolute atomic E-state index is 13.3. The Morgan fingerprint density at radius 3 is 2.32 bits per heavy atom. The SMILES string of the molecule is Cc1nc(CC2=CCCCC2)c(-c2ccc(OCCc3ccc(F)cc3)cc2)c(N2CCC(C)(C)CC2)c1[C@H](OC(C)(C)C)C(=O)O. The molecule has 7 heteroatoms. The lowest BCUT2D eigenvalue weighted by Crippen LogP contribution is -2.39. The minimum absolute atomic E-state index is 0.218. The molecule has 252 valence electrons. The van der Waals surface area contributed by atoms with E-state index < -0.39 is 17.7 Å². The van der Waals surface area contributed by atoms with Gasteiger partial charge in [-0.2, -0.15) is 0 Å². The number of pyridine rings is 1. The normalized spacial score (nSPS) is 17.3. The Balaban J connectivity index is 1.60. The molecule has 2 heterocycles. The number of aliphatic carboxylic acids is 1. The van der Waals surface area contributed by atoms with Crippen molar-refractivity contribution in [3.8, 4) is 16.9 Å². The van der Waals surface area contributed by atoms with Gasteiger partial charge in [-0.1, -0.05) is 49.8 Å². The highest BCUT2D eigenvalue weighted by atomic mass is 19.1. The monoisotopic (exact) mass is 642 g/mol. The van der Waals surface area contributed by atoms with Gasteiger partial charge in [-0.25, -0.2) is 9.18 Å². The van der Waals surface area contributed by atoms with E-state index in [0.717, 1.165) is 79.0 Å². The number of nitrogens with zero attached hydrogens (tertiary/aromatic N) is 2. The lowest BCUT2D eigenvalue weighted by molar-refractivity contribution is -0.160. The van der Waals surface area contributed by atoms with Crippen LogP contribution in [-0.2, 0) is 22.4 Å². The topological polar surface area (TPSA) is 71.9 Å². The number of hydrogen-bond acceptors (Lipinski definition) is 5. The van der Waals surface area contributed by atoms with Crippen LogP contribution in [0.5, 0.6) is 5.75 Å². The van der Waals surface area contributed by atoms with Crippen molar-refractivity contribution in [3.63, 3.8) is 0 Å². The number of carboxylic acid groups (broad SMARTS) is 1. The van der Waals surface area contributed by atoms with Crippen LogP contribution in [0.15, 0.2) is 60.2 Å². The predicted molar refractivity (Wildman–Crippen MR) is 187 cm³/mol. The molecule has 1 atom stereocenters. The molecule has 1 fully saturated rings. The Hall–Kier alpha value is -3.71. The van der Waals surface area contributed by atoms with Crippen LogP contribution in [0, 0.1) is 18.2 Å². The summed E-state index contributed by atoms with van der Waals surface area (Å²) in [5.74, 6) is -0.513. The molecule has 6 nitrogen and oxygen atoms in total. The van der Waals surface area contributed by atoms with E-state index in [1.165, 1.54) is 30.5 Å². The molecule has 1 aliphatic carbocycles. The molecule has 0 bridgehead atoms. The number of aryl methyl sites for hydroxylation is 1. The Labute approximate surface area is 280 Å². The van der Waals surface area contributed by atoms with Gasteiger partial charge in [-0.3, -0.25) is 4.98 Å². The van der Waals surface area contributed by atoms with Gasteiger partial charge in [0.15, 0.2) is 6.10 Å². The minimum Gasteiger partial charge on any atom is -0.493 e. The molecule has 1 aliphatic heterocycles. The molecule has 2 aromatic carbocycles. The zero-order chi connectivity index (χ0) is 33.8. The van der Waals surface area contributed by atoms with Crippen LogP contribution >= 0.6 is 0 Å². The quantitative estimate of drug-likeness (QED) is 0.210. The first kappa shape index (κ1) is 34.6. The highest BCUT2D eigenvalue weighted by molar-refractivity contribution is 5.88. The van der Waals surface area contributed by atoms with Crippen molar-refractivity contribution in [1.29, 1.82) is 0 Å². The molecule has 47 heavy (non-hydrogen) atoms. The summed E-state index contributed by atoms with van der Waals surface area (Å²) in [6.45, 7) is 14.4. The molecule has 2 aliphatic rings. The third-order valence-electron chi connectivity index (χ3n) is 9.36. The van der Waals surface area contributed by atoms with Crippen molar-refractivity contribution in [3.05, 3.63) is 88.5 Å². The molecule has 0 unspecified atom stereocenters. The lowest BCUT2D eigenvalue weighted by atomic mass is 9.81. The largest absolute Gasteiger partial charge is 0.493 e. The Morgan fingerprint density at radius 1 is 1.04 bits per heavy atom. The van der Waals surface area contributed by atoms with Crippen LogP contribution in [0.4, 0.5) is 10.1 Å². The first-order chi connectivity index (χ1) is 22.3. The Bertz CT molecular complexity index is 1560. The summed E-state index contributed by atoms with van der Waals surface area (Å²) in [6, 6.07) is 14.6. The minimum atomic E-state index is -1.16. The van der Waals surface area contributed by atoms with Gasteiger partial charge in [-0.15, -0.1) is 0 Å². The van der Waals surface area contributed by atoms with Crippen LogP contribution in [0.25, 0.3) is 11.1 Å². The van der Waals surface area contributed by atoms with Gasteiger partial charge >= 0.3 is 5.97 Å². The summed E-state index contributed by atoms with van der Waals surface area (Å²) >= 11 is 0. The molecular weight excluding hydrogens is 591 g/mol. The Morgan fingerprint density at radius 2 is 1.72 bits per heavy atom. The smallest absolute Gasteiger partial charge is 0.337 e. The van der Waals surface area contributed by atoms with Crippen LogP contribution in [0.2, 0.25) is 0 Å². The summed E-state index contributed by atoms with van der Waals surface area (Å²) in [5.41, 5.74) is 7.18. The van der Waals surface area contributed by atoms with E-state index in [4.69, 9.17) is 14.5 Å². The van der Waals surface area contributed by atoms with Gasteiger partial charge < -0.3 is 19.5 Å². The fourth-order valence-electron chi connectivity index (χ4n) is 6.69. The van der Waals surface area contributed by atoms with Crippen molar-refractivity contribution in [2.75, 3.05) is 24.6 Å². The van der Waals surface area contributed by atoms with Gasteiger partial charge in [-0.05, 0) is 107 Å². The van der Waals surface area contributed by atoms with E-state index in [9.17, 15) is 14.3 Å². The molecular formula is C40H51FN2O4. The molecule has 1 saturated heterocycles. The fraction of sp³-hybridized carbons (Fsp3) is 0.500. The number of ether oxygens (including phenoxy) is 2. The number of rotatable bonds is 11. The maximum Gasteiger partial charge on any atom is 0.337 e. The van der Waals surface area contributed by atoms with Crippen LogP contribution in [0.1, 0.15) is 102 Å². The summed E-state index contributed by atoms with van der Waals surface area (Å²) in [7, 11) is 0. The van der Waals surface area contributed by atoms with Crippen molar-refractivity contribution < 1.29 is 23.8 Å². The van der Waals surface area contributed by atoms with Crippen molar-refractivity contribution in [2.24, 2.45) is 5.41 Å². The van der Waals surface area contributed by atoms with Crippen molar-refractivity contribution in [1.82, 2.24) is 4.98 Å². The second-order valence-electron chi connectivity index (χ2n) is 14.9. The molecule has 5 rings (SSSR count). The van der Waals surface area contributed by atoms with Gasteiger partial charge in [0.05, 0.1) is 23.6 Å². The fourth-order valence-corrected chi connectivity index (χ4v) is 6.69. The number of anilines is 1. The number of halogens is 1. The molecule has 3 aromatic rings. The number of aromatic nitrogens is 1. The number of benzene rings is 2. The second-order valence-corrected chi connectivity index (χ2v) is 14.9.